The van der Waals surface area contributed by atoms with E-state index in [4.69, 9.17) is 0 Å². The van der Waals surface area contributed by atoms with Crippen LogP contribution in [0.2, 0.25) is 0 Å². The highest BCUT2D eigenvalue weighted by molar-refractivity contribution is 4.82. The number of nitrogens with zero attached hydrogens (tertiary/aromatic N) is 1. The third kappa shape index (κ3) is 5.84. The molecule has 0 spiro atoms. The molecule has 3 heteroatoms. The highest BCUT2D eigenvalue weighted by Gasteiger charge is 2.24. The molecule has 2 atom stereocenters. The van der Waals surface area contributed by atoms with E-state index >= 15 is 0 Å². The topological polar surface area (TPSA) is 35.5 Å². The van der Waals surface area contributed by atoms with Crippen LogP contribution in [0.15, 0.2) is 0 Å². The van der Waals surface area contributed by atoms with Gasteiger partial charge in [-0.05, 0) is 45.7 Å². The molecule has 0 radical (unpaired) electrons. The zero-order valence-corrected chi connectivity index (χ0v) is 11.8. The Balaban J connectivity index is 2.41. The van der Waals surface area contributed by atoms with Crippen molar-refractivity contribution in [1.29, 1.82) is 0 Å². The fourth-order valence-corrected chi connectivity index (χ4v) is 2.43. The molecule has 1 rings (SSSR count). The normalized spacial score (nSPS) is 24.2. The van der Waals surface area contributed by atoms with Crippen LogP contribution < -0.4 is 5.32 Å². The molecule has 0 amide bonds. The minimum atomic E-state index is -0.535. The maximum atomic E-state index is 10.2. The lowest BCUT2D eigenvalue weighted by Crippen LogP contribution is -2.45. The summed E-state index contributed by atoms with van der Waals surface area (Å²) in [6.45, 7) is 10.4. The van der Waals surface area contributed by atoms with Crippen molar-refractivity contribution in [2.24, 2.45) is 0 Å². The van der Waals surface area contributed by atoms with Crippen molar-refractivity contribution in [2.75, 3.05) is 26.2 Å². The summed E-state index contributed by atoms with van der Waals surface area (Å²) >= 11 is 0. The number of rotatable bonds is 8. The van der Waals surface area contributed by atoms with Crippen molar-refractivity contribution in [3.63, 3.8) is 0 Å². The van der Waals surface area contributed by atoms with Crippen LogP contribution in [0, 0.1) is 0 Å². The second kappa shape index (κ2) is 7.34. The van der Waals surface area contributed by atoms with Gasteiger partial charge >= 0.3 is 0 Å². The molecular formula is C14H30N2O. The largest absolute Gasteiger partial charge is 0.389 e. The second-order valence-electron chi connectivity index (χ2n) is 5.73. The molecular weight excluding hydrogens is 212 g/mol. The van der Waals surface area contributed by atoms with E-state index in [0.29, 0.717) is 6.04 Å². The molecule has 2 unspecified atom stereocenters. The molecule has 1 aliphatic heterocycles. The molecule has 17 heavy (non-hydrogen) atoms. The molecule has 0 aromatic rings. The quantitative estimate of drug-likeness (QED) is 0.683. The van der Waals surface area contributed by atoms with E-state index in [1.165, 1.54) is 25.7 Å². The van der Waals surface area contributed by atoms with Gasteiger partial charge in [0, 0.05) is 19.1 Å². The van der Waals surface area contributed by atoms with Crippen LogP contribution in [-0.2, 0) is 0 Å². The van der Waals surface area contributed by atoms with Gasteiger partial charge in [-0.25, -0.2) is 0 Å². The average molecular weight is 242 g/mol. The summed E-state index contributed by atoms with van der Waals surface area (Å²) in [6, 6.07) is 0.638. The fourth-order valence-electron chi connectivity index (χ4n) is 2.43. The van der Waals surface area contributed by atoms with Gasteiger partial charge in [-0.2, -0.15) is 0 Å². The Morgan fingerprint density at radius 3 is 2.71 bits per heavy atom. The van der Waals surface area contributed by atoms with Crippen molar-refractivity contribution >= 4 is 0 Å². The zero-order chi connectivity index (χ0) is 12.7. The van der Waals surface area contributed by atoms with Crippen LogP contribution in [0.3, 0.4) is 0 Å². The van der Waals surface area contributed by atoms with Gasteiger partial charge in [-0.3, -0.25) is 4.90 Å². The summed E-state index contributed by atoms with van der Waals surface area (Å²) in [6.07, 6.45) is 5.87. The number of hydrogen-bond donors (Lipinski definition) is 2. The Hall–Kier alpha value is -0.120. The monoisotopic (exact) mass is 242 g/mol. The average Bonchev–Trinajstić information content (AvgIpc) is 2.78. The van der Waals surface area contributed by atoms with E-state index in [0.717, 1.165) is 32.6 Å². The highest BCUT2D eigenvalue weighted by atomic mass is 16.3. The van der Waals surface area contributed by atoms with Gasteiger partial charge in [0.1, 0.15) is 0 Å². The van der Waals surface area contributed by atoms with Gasteiger partial charge in [0.2, 0.25) is 0 Å². The third-order valence-electron chi connectivity index (χ3n) is 3.79. The van der Waals surface area contributed by atoms with E-state index in [9.17, 15) is 5.11 Å². The van der Waals surface area contributed by atoms with Gasteiger partial charge in [0.15, 0.2) is 0 Å². The van der Waals surface area contributed by atoms with Gasteiger partial charge in [0.25, 0.3) is 0 Å². The first-order valence-electron chi connectivity index (χ1n) is 7.25. The third-order valence-corrected chi connectivity index (χ3v) is 3.79. The van der Waals surface area contributed by atoms with Crippen LogP contribution >= 0.6 is 0 Å². The van der Waals surface area contributed by atoms with Crippen molar-refractivity contribution in [2.45, 2.75) is 64.5 Å². The maximum Gasteiger partial charge on any atom is 0.0743 e. The number of aliphatic hydroxyl groups is 1. The Bertz CT molecular complexity index is 200. The lowest BCUT2D eigenvalue weighted by atomic mass is 10.0. The smallest absolute Gasteiger partial charge is 0.0743 e. The minimum Gasteiger partial charge on any atom is -0.389 e. The predicted molar refractivity (Wildman–Crippen MR) is 73.3 cm³/mol. The first kappa shape index (κ1) is 14.9. The molecule has 3 nitrogen and oxygen atoms in total. The summed E-state index contributed by atoms with van der Waals surface area (Å²) < 4.78 is 0. The number of hydrogen-bond acceptors (Lipinski definition) is 3. The molecule has 1 saturated heterocycles. The molecule has 2 N–H and O–H groups in total. The molecule has 0 aromatic carbocycles. The second-order valence-corrected chi connectivity index (χ2v) is 5.73. The molecule has 0 aromatic heterocycles. The first-order chi connectivity index (χ1) is 8.07. The standard InChI is InChI=1S/C14H30N2O/c1-4-6-10-16(12-14(3,17)5-2)11-13-8-7-9-15-13/h13,15,17H,4-12H2,1-3H3. The molecule has 0 saturated carbocycles. The van der Waals surface area contributed by atoms with Crippen LogP contribution in [0.1, 0.15) is 52.9 Å². The minimum absolute atomic E-state index is 0.535. The van der Waals surface area contributed by atoms with Crippen molar-refractivity contribution in [1.82, 2.24) is 10.2 Å². The van der Waals surface area contributed by atoms with Gasteiger partial charge in [-0.1, -0.05) is 20.3 Å². The fraction of sp³-hybridized carbons (Fsp3) is 1.00. The van der Waals surface area contributed by atoms with Crippen LogP contribution in [0.4, 0.5) is 0 Å². The molecule has 1 heterocycles. The lowest BCUT2D eigenvalue weighted by molar-refractivity contribution is 0.0139. The van der Waals surface area contributed by atoms with Gasteiger partial charge < -0.3 is 10.4 Å². The Labute approximate surface area is 107 Å². The van der Waals surface area contributed by atoms with E-state index in [2.05, 4.69) is 24.1 Å². The van der Waals surface area contributed by atoms with E-state index < -0.39 is 5.60 Å². The van der Waals surface area contributed by atoms with Crippen molar-refractivity contribution in [3.05, 3.63) is 0 Å². The highest BCUT2D eigenvalue weighted by Crippen LogP contribution is 2.14. The maximum absolute atomic E-state index is 10.2. The van der Waals surface area contributed by atoms with Crippen LogP contribution in [0.25, 0.3) is 0 Å². The first-order valence-corrected chi connectivity index (χ1v) is 7.25. The molecule has 1 fully saturated rings. The van der Waals surface area contributed by atoms with Crippen molar-refractivity contribution in [3.8, 4) is 0 Å². The lowest BCUT2D eigenvalue weighted by Gasteiger charge is -2.32. The Morgan fingerprint density at radius 1 is 1.41 bits per heavy atom. The molecule has 1 aliphatic rings. The summed E-state index contributed by atoms with van der Waals surface area (Å²) in [4.78, 5) is 2.44. The molecule has 0 bridgehead atoms. The number of nitrogens with one attached hydrogen (secondary N) is 1. The van der Waals surface area contributed by atoms with Crippen LogP contribution in [-0.4, -0.2) is 47.8 Å². The number of unbranched alkanes of at least 4 members (excludes halogenated alkanes) is 1. The Morgan fingerprint density at radius 2 is 2.18 bits per heavy atom. The predicted octanol–water partition coefficient (Wildman–Crippen LogP) is 2.00. The van der Waals surface area contributed by atoms with Crippen LogP contribution in [0.5, 0.6) is 0 Å². The molecule has 0 aliphatic carbocycles. The Kier molecular flexibility index (Phi) is 6.45. The molecule has 102 valence electrons. The summed E-state index contributed by atoms with van der Waals surface area (Å²) in [5, 5.41) is 13.7. The summed E-state index contributed by atoms with van der Waals surface area (Å²) in [5.74, 6) is 0. The van der Waals surface area contributed by atoms with Gasteiger partial charge in [-0.15, -0.1) is 0 Å². The SMILES string of the molecule is CCCCN(CC1CCCN1)CC(C)(O)CC. The van der Waals surface area contributed by atoms with E-state index in [-0.39, 0.29) is 0 Å². The summed E-state index contributed by atoms with van der Waals surface area (Å²) in [5.41, 5.74) is -0.535. The van der Waals surface area contributed by atoms with Gasteiger partial charge in [0.05, 0.1) is 5.60 Å². The van der Waals surface area contributed by atoms with Crippen molar-refractivity contribution < 1.29 is 5.11 Å². The van der Waals surface area contributed by atoms with E-state index in [1.54, 1.807) is 0 Å². The zero-order valence-electron chi connectivity index (χ0n) is 11.8. The van der Waals surface area contributed by atoms with E-state index in [1.807, 2.05) is 6.92 Å². The summed E-state index contributed by atoms with van der Waals surface area (Å²) in [7, 11) is 0.